The Morgan fingerprint density at radius 1 is 1.41 bits per heavy atom. The highest BCUT2D eigenvalue weighted by molar-refractivity contribution is 9.10. The summed E-state index contributed by atoms with van der Waals surface area (Å²) in [5.41, 5.74) is 0.659. The molecular weight excluding hydrogens is 350 g/mol. The number of amides is 2. The van der Waals surface area contributed by atoms with Gasteiger partial charge in [0.1, 0.15) is 18.5 Å². The molecular formula is C15H24BrN3O3. The minimum absolute atomic E-state index is 0.196. The summed E-state index contributed by atoms with van der Waals surface area (Å²) >= 11 is 3.39. The Balaban J connectivity index is 2.50. The number of benzene rings is 1. The summed E-state index contributed by atoms with van der Waals surface area (Å²) in [5, 5.41) is 18.3. The summed E-state index contributed by atoms with van der Waals surface area (Å²) in [6, 6.07) is 5.31. The van der Waals surface area contributed by atoms with Gasteiger partial charge in [-0.25, -0.2) is 4.79 Å². The van der Waals surface area contributed by atoms with Gasteiger partial charge in [-0.2, -0.15) is 0 Å². The first-order chi connectivity index (χ1) is 10.4. The standard InChI is InChI=1S/C15H24BrN3O3/c1-4-17-15(21)19-11-5-6-14(13(16)7-11)22-9-12(20)8-18-10(2)3/h5-7,10,12,18,20H,4,8-9H2,1-3H3,(H2,17,19,21)/t12-/m0/s1. The van der Waals surface area contributed by atoms with E-state index in [-0.39, 0.29) is 12.6 Å². The van der Waals surface area contributed by atoms with Crippen LogP contribution in [0.2, 0.25) is 0 Å². The molecule has 22 heavy (non-hydrogen) atoms. The Morgan fingerprint density at radius 3 is 2.73 bits per heavy atom. The Kier molecular flexibility index (Phi) is 8.22. The van der Waals surface area contributed by atoms with E-state index < -0.39 is 6.10 Å². The van der Waals surface area contributed by atoms with Crippen molar-refractivity contribution in [2.45, 2.75) is 32.9 Å². The molecule has 0 aliphatic carbocycles. The minimum atomic E-state index is -0.581. The van der Waals surface area contributed by atoms with Crippen molar-refractivity contribution in [1.82, 2.24) is 10.6 Å². The molecule has 0 heterocycles. The van der Waals surface area contributed by atoms with Crippen LogP contribution in [0.5, 0.6) is 5.75 Å². The molecule has 0 saturated carbocycles. The largest absolute Gasteiger partial charge is 0.490 e. The molecule has 4 N–H and O–H groups in total. The smallest absolute Gasteiger partial charge is 0.319 e. The number of rotatable bonds is 8. The molecule has 0 aliphatic heterocycles. The van der Waals surface area contributed by atoms with Crippen LogP contribution in [0.3, 0.4) is 0 Å². The lowest BCUT2D eigenvalue weighted by Gasteiger charge is -2.16. The van der Waals surface area contributed by atoms with Crippen LogP contribution in [0.25, 0.3) is 0 Å². The molecule has 6 nitrogen and oxygen atoms in total. The highest BCUT2D eigenvalue weighted by atomic mass is 79.9. The number of carbonyl (C=O) groups excluding carboxylic acids is 1. The molecule has 0 bridgehead atoms. The highest BCUT2D eigenvalue weighted by Crippen LogP contribution is 2.28. The van der Waals surface area contributed by atoms with E-state index in [0.29, 0.717) is 35.0 Å². The van der Waals surface area contributed by atoms with Crippen LogP contribution in [-0.4, -0.2) is 43.0 Å². The molecule has 1 aromatic rings. The predicted octanol–water partition coefficient (Wildman–Crippen LogP) is 2.33. The number of urea groups is 1. The number of halogens is 1. The van der Waals surface area contributed by atoms with Gasteiger partial charge < -0.3 is 25.8 Å². The van der Waals surface area contributed by atoms with Crippen LogP contribution < -0.4 is 20.7 Å². The summed E-state index contributed by atoms with van der Waals surface area (Å²) in [5.74, 6) is 0.616. The van der Waals surface area contributed by atoms with Gasteiger partial charge in [0.15, 0.2) is 0 Å². The van der Waals surface area contributed by atoms with E-state index in [9.17, 15) is 9.90 Å². The molecule has 1 aromatic carbocycles. The quantitative estimate of drug-likeness (QED) is 0.563. The second kappa shape index (κ2) is 9.66. The lowest BCUT2D eigenvalue weighted by atomic mass is 10.3. The van der Waals surface area contributed by atoms with E-state index in [0.717, 1.165) is 0 Å². The van der Waals surface area contributed by atoms with Gasteiger partial charge in [0, 0.05) is 24.8 Å². The number of aliphatic hydroxyl groups is 1. The van der Waals surface area contributed by atoms with Crippen molar-refractivity contribution in [2.24, 2.45) is 0 Å². The van der Waals surface area contributed by atoms with Crippen LogP contribution in [0.4, 0.5) is 10.5 Å². The second-order valence-corrected chi connectivity index (χ2v) is 6.01. The molecule has 0 radical (unpaired) electrons. The van der Waals surface area contributed by atoms with Gasteiger partial charge in [-0.05, 0) is 41.1 Å². The van der Waals surface area contributed by atoms with Crippen LogP contribution >= 0.6 is 15.9 Å². The zero-order chi connectivity index (χ0) is 16.5. The molecule has 0 aliphatic rings. The molecule has 0 fully saturated rings. The summed E-state index contributed by atoms with van der Waals surface area (Å²) in [4.78, 5) is 11.4. The maximum absolute atomic E-state index is 11.4. The van der Waals surface area contributed by atoms with E-state index in [1.807, 2.05) is 20.8 Å². The Hall–Kier alpha value is -1.31. The number of anilines is 1. The van der Waals surface area contributed by atoms with Crippen LogP contribution in [-0.2, 0) is 0 Å². The van der Waals surface area contributed by atoms with Gasteiger partial charge >= 0.3 is 6.03 Å². The fourth-order valence-corrected chi connectivity index (χ4v) is 2.14. The van der Waals surface area contributed by atoms with Crippen LogP contribution in [0.1, 0.15) is 20.8 Å². The van der Waals surface area contributed by atoms with Crippen molar-refractivity contribution in [2.75, 3.05) is 25.0 Å². The van der Waals surface area contributed by atoms with E-state index in [1.54, 1.807) is 18.2 Å². The monoisotopic (exact) mass is 373 g/mol. The Bertz CT molecular complexity index is 483. The number of hydrogen-bond acceptors (Lipinski definition) is 4. The molecule has 1 atom stereocenters. The first-order valence-electron chi connectivity index (χ1n) is 7.31. The Labute approximate surface area is 139 Å². The number of nitrogens with one attached hydrogen (secondary N) is 3. The lowest BCUT2D eigenvalue weighted by Crippen LogP contribution is -2.35. The summed E-state index contributed by atoms with van der Waals surface area (Å²) in [6.07, 6.45) is -0.581. The number of carbonyl (C=O) groups is 1. The molecule has 2 amide bonds. The Morgan fingerprint density at radius 2 is 2.14 bits per heavy atom. The second-order valence-electron chi connectivity index (χ2n) is 5.16. The topological polar surface area (TPSA) is 82.6 Å². The third kappa shape index (κ3) is 7.11. The average molecular weight is 374 g/mol. The normalized spacial score (nSPS) is 12.1. The van der Waals surface area contributed by atoms with Crippen molar-refractivity contribution < 1.29 is 14.6 Å². The first kappa shape index (κ1) is 18.7. The maximum Gasteiger partial charge on any atom is 0.319 e. The van der Waals surface area contributed by atoms with Crippen LogP contribution in [0, 0.1) is 0 Å². The van der Waals surface area contributed by atoms with Crippen molar-refractivity contribution in [1.29, 1.82) is 0 Å². The summed E-state index contributed by atoms with van der Waals surface area (Å²) in [6.45, 7) is 7.13. The van der Waals surface area contributed by atoms with E-state index in [2.05, 4.69) is 31.9 Å². The SMILES string of the molecule is CCNC(=O)Nc1ccc(OC[C@@H](O)CNC(C)C)c(Br)c1. The number of ether oxygens (including phenoxy) is 1. The fraction of sp³-hybridized carbons (Fsp3) is 0.533. The van der Waals surface area contributed by atoms with Gasteiger partial charge in [-0.15, -0.1) is 0 Å². The molecule has 0 aromatic heterocycles. The van der Waals surface area contributed by atoms with Crippen molar-refractivity contribution in [3.8, 4) is 5.75 Å². The predicted molar refractivity (Wildman–Crippen MR) is 91.5 cm³/mol. The average Bonchev–Trinajstić information content (AvgIpc) is 2.44. The minimum Gasteiger partial charge on any atom is -0.490 e. The highest BCUT2D eigenvalue weighted by Gasteiger charge is 2.09. The van der Waals surface area contributed by atoms with Gasteiger partial charge in [-0.3, -0.25) is 0 Å². The van der Waals surface area contributed by atoms with Gasteiger partial charge in [-0.1, -0.05) is 13.8 Å². The maximum atomic E-state index is 11.4. The van der Waals surface area contributed by atoms with E-state index >= 15 is 0 Å². The van der Waals surface area contributed by atoms with E-state index in [4.69, 9.17) is 4.74 Å². The summed E-state index contributed by atoms with van der Waals surface area (Å²) in [7, 11) is 0. The third-order valence-corrected chi connectivity index (χ3v) is 3.34. The van der Waals surface area contributed by atoms with E-state index in [1.165, 1.54) is 0 Å². The van der Waals surface area contributed by atoms with Gasteiger partial charge in [0.25, 0.3) is 0 Å². The molecule has 0 unspecified atom stereocenters. The first-order valence-corrected chi connectivity index (χ1v) is 8.10. The third-order valence-electron chi connectivity index (χ3n) is 2.72. The van der Waals surface area contributed by atoms with Crippen LogP contribution in [0.15, 0.2) is 22.7 Å². The summed E-state index contributed by atoms with van der Waals surface area (Å²) < 4.78 is 6.29. The molecule has 0 spiro atoms. The number of hydrogen-bond donors (Lipinski definition) is 4. The van der Waals surface area contributed by atoms with Crippen molar-refractivity contribution in [3.63, 3.8) is 0 Å². The van der Waals surface area contributed by atoms with Crippen molar-refractivity contribution >= 4 is 27.6 Å². The molecule has 0 saturated heterocycles. The van der Waals surface area contributed by atoms with Gasteiger partial charge in [0.2, 0.25) is 0 Å². The van der Waals surface area contributed by atoms with Gasteiger partial charge in [0.05, 0.1) is 4.47 Å². The molecule has 7 heteroatoms. The zero-order valence-electron chi connectivity index (χ0n) is 13.1. The molecule has 1 rings (SSSR count). The fourth-order valence-electron chi connectivity index (χ4n) is 1.65. The number of aliphatic hydroxyl groups excluding tert-OH is 1. The molecule has 124 valence electrons. The lowest BCUT2D eigenvalue weighted by molar-refractivity contribution is 0.104. The van der Waals surface area contributed by atoms with Crippen molar-refractivity contribution in [3.05, 3.63) is 22.7 Å². The zero-order valence-corrected chi connectivity index (χ0v) is 14.7.